The predicted octanol–water partition coefficient (Wildman–Crippen LogP) is 2.68. The van der Waals surface area contributed by atoms with Crippen molar-refractivity contribution in [3.05, 3.63) is 30.1 Å². The van der Waals surface area contributed by atoms with Gasteiger partial charge in [0.2, 0.25) is 0 Å². The van der Waals surface area contributed by atoms with Crippen LogP contribution in [0.1, 0.15) is 32.1 Å². The van der Waals surface area contributed by atoms with Crippen molar-refractivity contribution >= 4 is 17.1 Å². The quantitative estimate of drug-likeness (QED) is 0.902. The molecule has 2 heterocycles. The van der Waals surface area contributed by atoms with Crippen LogP contribution in [0.15, 0.2) is 24.3 Å². The minimum atomic E-state index is -0.0875. The van der Waals surface area contributed by atoms with E-state index in [4.69, 9.17) is 0 Å². The predicted molar refractivity (Wildman–Crippen MR) is 78.4 cm³/mol. The van der Waals surface area contributed by atoms with E-state index in [1.165, 1.54) is 0 Å². The average molecular weight is 272 g/mol. The van der Waals surface area contributed by atoms with Crippen molar-refractivity contribution in [3.8, 4) is 0 Å². The molecular weight excluding hydrogens is 252 g/mol. The summed E-state index contributed by atoms with van der Waals surface area (Å²) >= 11 is 0. The van der Waals surface area contributed by atoms with E-state index in [1.807, 2.05) is 29.2 Å². The van der Waals surface area contributed by atoms with Crippen molar-refractivity contribution in [2.45, 2.75) is 26.3 Å². The number of para-hydroxylation sites is 2. The summed E-state index contributed by atoms with van der Waals surface area (Å²) in [5.74, 6) is 1.11. The first-order valence-electron chi connectivity index (χ1n) is 7.15. The third-order valence-corrected chi connectivity index (χ3v) is 3.79. The van der Waals surface area contributed by atoms with Crippen molar-refractivity contribution in [1.82, 2.24) is 20.2 Å². The van der Waals surface area contributed by atoms with Gasteiger partial charge < -0.3 is 15.2 Å². The molecule has 3 rings (SSSR count). The Bertz CT molecular complexity index is 582. The second-order valence-corrected chi connectivity index (χ2v) is 5.65. The summed E-state index contributed by atoms with van der Waals surface area (Å²) in [6, 6.07) is 7.85. The Morgan fingerprint density at radius 3 is 2.70 bits per heavy atom. The van der Waals surface area contributed by atoms with E-state index in [9.17, 15) is 4.79 Å². The van der Waals surface area contributed by atoms with Crippen molar-refractivity contribution in [3.63, 3.8) is 0 Å². The number of rotatable bonds is 3. The largest absolute Gasteiger partial charge is 0.340 e. The number of nitrogens with zero attached hydrogens (tertiary/aromatic N) is 2. The van der Waals surface area contributed by atoms with E-state index in [0.29, 0.717) is 0 Å². The number of urea groups is 1. The van der Waals surface area contributed by atoms with Crippen LogP contribution in [0.25, 0.3) is 11.0 Å². The number of imidazole rings is 1. The normalized spacial score (nSPS) is 16.2. The first-order chi connectivity index (χ1) is 9.65. The molecule has 2 N–H and O–H groups in total. The molecule has 1 aromatic heterocycles. The number of hydrogen-bond acceptors (Lipinski definition) is 2. The molecule has 0 aliphatic carbocycles. The molecule has 1 fully saturated rings. The molecule has 0 spiro atoms. The summed E-state index contributed by atoms with van der Waals surface area (Å²) in [7, 11) is 0. The number of likely N-dealkylation sites (tertiary alicyclic amines) is 1. The van der Waals surface area contributed by atoms with Gasteiger partial charge in [0.05, 0.1) is 17.1 Å². The molecule has 1 aromatic carbocycles. The van der Waals surface area contributed by atoms with Gasteiger partial charge in [0.25, 0.3) is 0 Å². The standard InChI is InChI=1S/C15H20N4O/c1-10(2)13(18-15(20)19-8-5-9-19)14-16-11-6-3-4-7-12(11)17-14/h3-4,6-7,10,13H,5,8-9H2,1-2H3,(H,16,17)(H,18,20). The van der Waals surface area contributed by atoms with E-state index in [2.05, 4.69) is 29.1 Å². The van der Waals surface area contributed by atoms with E-state index < -0.39 is 0 Å². The van der Waals surface area contributed by atoms with Crippen LogP contribution in [0, 0.1) is 5.92 Å². The number of aromatic nitrogens is 2. The molecule has 106 valence electrons. The van der Waals surface area contributed by atoms with Gasteiger partial charge in [-0.05, 0) is 24.5 Å². The Morgan fingerprint density at radius 1 is 1.35 bits per heavy atom. The molecule has 2 amide bonds. The van der Waals surface area contributed by atoms with Gasteiger partial charge in [-0.2, -0.15) is 0 Å². The summed E-state index contributed by atoms with van der Waals surface area (Å²) in [5.41, 5.74) is 1.94. The fraction of sp³-hybridized carbons (Fsp3) is 0.467. The van der Waals surface area contributed by atoms with Gasteiger partial charge in [-0.3, -0.25) is 0 Å². The molecule has 1 atom stereocenters. The van der Waals surface area contributed by atoms with Crippen molar-refractivity contribution in [2.75, 3.05) is 13.1 Å². The Kier molecular flexibility index (Phi) is 3.34. The van der Waals surface area contributed by atoms with Gasteiger partial charge in [-0.15, -0.1) is 0 Å². The number of benzene rings is 1. The fourth-order valence-corrected chi connectivity index (χ4v) is 2.41. The molecule has 1 unspecified atom stereocenters. The lowest BCUT2D eigenvalue weighted by atomic mass is 10.0. The molecular formula is C15H20N4O. The summed E-state index contributed by atoms with van der Waals surface area (Å²) < 4.78 is 0. The number of H-pyrrole nitrogens is 1. The number of carbonyl (C=O) groups is 1. The number of carbonyl (C=O) groups excluding carboxylic acids is 1. The SMILES string of the molecule is CC(C)C(NC(=O)N1CCC1)c1nc2ccccc2[nH]1. The maximum Gasteiger partial charge on any atom is 0.317 e. The van der Waals surface area contributed by atoms with Crippen molar-refractivity contribution < 1.29 is 4.79 Å². The molecule has 5 heteroatoms. The molecule has 1 aliphatic heterocycles. The number of amides is 2. The highest BCUT2D eigenvalue weighted by Gasteiger charge is 2.26. The van der Waals surface area contributed by atoms with Gasteiger partial charge in [0, 0.05) is 13.1 Å². The highest BCUT2D eigenvalue weighted by molar-refractivity contribution is 5.77. The number of aromatic amines is 1. The molecule has 2 aromatic rings. The van der Waals surface area contributed by atoms with Crippen molar-refractivity contribution in [1.29, 1.82) is 0 Å². The minimum Gasteiger partial charge on any atom is -0.340 e. The molecule has 5 nitrogen and oxygen atoms in total. The van der Waals surface area contributed by atoms with Crippen LogP contribution in [-0.4, -0.2) is 34.0 Å². The molecule has 0 radical (unpaired) electrons. The summed E-state index contributed by atoms with van der Waals surface area (Å²) in [6.07, 6.45) is 1.10. The van der Waals surface area contributed by atoms with Gasteiger partial charge >= 0.3 is 6.03 Å². The smallest absolute Gasteiger partial charge is 0.317 e. The van der Waals surface area contributed by atoms with Crippen molar-refractivity contribution in [2.24, 2.45) is 5.92 Å². The summed E-state index contributed by atoms with van der Waals surface area (Å²) in [6.45, 7) is 5.90. The first kappa shape index (κ1) is 13.0. The van der Waals surface area contributed by atoms with E-state index in [0.717, 1.165) is 36.4 Å². The summed E-state index contributed by atoms with van der Waals surface area (Å²) in [5, 5.41) is 3.09. The van der Waals surface area contributed by atoms with E-state index in [1.54, 1.807) is 0 Å². The average Bonchev–Trinajstić information content (AvgIpc) is 2.76. The van der Waals surface area contributed by atoms with Crippen LogP contribution < -0.4 is 5.32 Å². The topological polar surface area (TPSA) is 61.0 Å². The van der Waals surface area contributed by atoms with Crippen LogP contribution in [-0.2, 0) is 0 Å². The zero-order valence-electron chi connectivity index (χ0n) is 11.9. The maximum atomic E-state index is 12.1. The third kappa shape index (κ3) is 2.35. The minimum absolute atomic E-state index is 0.00964. The Labute approximate surface area is 118 Å². The molecule has 20 heavy (non-hydrogen) atoms. The second-order valence-electron chi connectivity index (χ2n) is 5.65. The third-order valence-electron chi connectivity index (χ3n) is 3.79. The summed E-state index contributed by atoms with van der Waals surface area (Å²) in [4.78, 5) is 21.8. The number of hydrogen-bond donors (Lipinski definition) is 2. The Balaban J connectivity index is 1.83. The van der Waals surface area contributed by atoms with Crippen LogP contribution in [0.4, 0.5) is 4.79 Å². The monoisotopic (exact) mass is 272 g/mol. The molecule has 0 bridgehead atoms. The van der Waals surface area contributed by atoms with Crippen LogP contribution in [0.2, 0.25) is 0 Å². The lowest BCUT2D eigenvalue weighted by Crippen LogP contribution is -2.49. The number of nitrogens with one attached hydrogen (secondary N) is 2. The van der Waals surface area contributed by atoms with E-state index >= 15 is 0 Å². The molecule has 1 aliphatic rings. The first-order valence-corrected chi connectivity index (χ1v) is 7.15. The van der Waals surface area contributed by atoms with E-state index in [-0.39, 0.29) is 18.0 Å². The van der Waals surface area contributed by atoms with Gasteiger partial charge in [-0.1, -0.05) is 26.0 Å². The van der Waals surface area contributed by atoms with Gasteiger partial charge in [0.15, 0.2) is 0 Å². The highest BCUT2D eigenvalue weighted by Crippen LogP contribution is 2.22. The molecule has 1 saturated heterocycles. The van der Waals surface area contributed by atoms with Crippen LogP contribution in [0.5, 0.6) is 0 Å². The fourth-order valence-electron chi connectivity index (χ4n) is 2.41. The lowest BCUT2D eigenvalue weighted by Gasteiger charge is -2.33. The lowest BCUT2D eigenvalue weighted by molar-refractivity contribution is 0.160. The number of fused-ring (bicyclic) bond motifs is 1. The maximum absolute atomic E-state index is 12.1. The van der Waals surface area contributed by atoms with Gasteiger partial charge in [-0.25, -0.2) is 9.78 Å². The Morgan fingerprint density at radius 2 is 2.10 bits per heavy atom. The van der Waals surface area contributed by atoms with Crippen LogP contribution in [0.3, 0.4) is 0 Å². The second kappa shape index (κ2) is 5.15. The molecule has 0 saturated carbocycles. The highest BCUT2D eigenvalue weighted by atomic mass is 16.2. The van der Waals surface area contributed by atoms with Gasteiger partial charge in [0.1, 0.15) is 5.82 Å². The van der Waals surface area contributed by atoms with Crippen LogP contribution >= 0.6 is 0 Å². The zero-order valence-corrected chi connectivity index (χ0v) is 11.9. The Hall–Kier alpha value is -2.04. The zero-order chi connectivity index (χ0) is 14.1.